The van der Waals surface area contributed by atoms with Crippen LogP contribution >= 0.6 is 0 Å². The van der Waals surface area contributed by atoms with Crippen molar-refractivity contribution < 1.29 is 27.8 Å². The summed E-state index contributed by atoms with van der Waals surface area (Å²) in [6.07, 6.45) is -5.04. The van der Waals surface area contributed by atoms with E-state index < -0.39 is 23.6 Å². The number of carbonyl (C=O) groups is 1. The summed E-state index contributed by atoms with van der Waals surface area (Å²) < 4.78 is 41.8. The van der Waals surface area contributed by atoms with Gasteiger partial charge in [-0.05, 0) is 19.1 Å². The minimum atomic E-state index is -5.04. The predicted octanol–water partition coefficient (Wildman–Crippen LogP) is 2.99. The predicted molar refractivity (Wildman–Crippen MR) is 62.4 cm³/mol. The smallest absolute Gasteiger partial charge is 0.451 e. The lowest BCUT2D eigenvalue weighted by Gasteiger charge is -2.14. The van der Waals surface area contributed by atoms with Gasteiger partial charge in [0.1, 0.15) is 0 Å². The Hall–Kier alpha value is -2.18. The van der Waals surface area contributed by atoms with Crippen molar-refractivity contribution in [3.05, 3.63) is 41.8 Å². The van der Waals surface area contributed by atoms with Gasteiger partial charge in [0.05, 0.1) is 6.61 Å². The van der Waals surface area contributed by atoms with Crippen LogP contribution in [-0.4, -0.2) is 23.9 Å². The van der Waals surface area contributed by atoms with Gasteiger partial charge in [-0.25, -0.2) is 4.79 Å². The Labute approximate surface area is 107 Å². The Morgan fingerprint density at radius 1 is 1.32 bits per heavy atom. The lowest BCUT2D eigenvalue weighted by atomic mass is 10.3. The molecule has 0 saturated carbocycles. The molecule has 1 aromatic rings. The number of esters is 1. The van der Waals surface area contributed by atoms with Crippen LogP contribution in [0.1, 0.15) is 6.92 Å². The van der Waals surface area contributed by atoms with Gasteiger partial charge < -0.3 is 15.2 Å². The maximum atomic E-state index is 12.4. The Morgan fingerprint density at radius 3 is 2.37 bits per heavy atom. The number of para-hydroxylation sites is 1. The summed E-state index contributed by atoms with van der Waals surface area (Å²) in [5, 5.41) is 11.3. The van der Waals surface area contributed by atoms with E-state index in [1.165, 1.54) is 19.1 Å². The van der Waals surface area contributed by atoms with Crippen molar-refractivity contribution in [2.24, 2.45) is 0 Å². The number of hydrogen-bond donors (Lipinski definition) is 2. The number of allylic oxidation sites excluding steroid dienone is 1. The molecular weight excluding hydrogens is 263 g/mol. The average Bonchev–Trinajstić information content (AvgIpc) is 2.35. The summed E-state index contributed by atoms with van der Waals surface area (Å²) in [5.41, 5.74) is -0.818. The fraction of sp³-hybridized carbons (Fsp3) is 0.250. The average molecular weight is 275 g/mol. The molecule has 0 spiro atoms. The molecule has 0 heterocycles. The van der Waals surface area contributed by atoms with Crippen LogP contribution in [0, 0.1) is 0 Å². The zero-order valence-corrected chi connectivity index (χ0v) is 9.99. The summed E-state index contributed by atoms with van der Waals surface area (Å²) in [4.78, 5) is 11.4. The van der Waals surface area contributed by atoms with Gasteiger partial charge in [0.2, 0.25) is 5.76 Å². The van der Waals surface area contributed by atoms with E-state index in [0.29, 0.717) is 0 Å². The molecule has 0 atom stereocenters. The molecule has 4 nitrogen and oxygen atoms in total. The molecule has 0 amide bonds. The van der Waals surface area contributed by atoms with Crippen molar-refractivity contribution >= 4 is 11.7 Å². The molecular formula is C12H12F3NO3. The second kappa shape index (κ2) is 6.12. The third kappa shape index (κ3) is 4.20. The van der Waals surface area contributed by atoms with Crippen molar-refractivity contribution in [1.29, 1.82) is 0 Å². The van der Waals surface area contributed by atoms with E-state index in [1.54, 1.807) is 18.2 Å². The number of carbonyl (C=O) groups excluding carboxylic acids is 1. The first-order valence-corrected chi connectivity index (χ1v) is 5.36. The molecule has 19 heavy (non-hydrogen) atoms. The van der Waals surface area contributed by atoms with E-state index in [4.69, 9.17) is 5.11 Å². The Bertz CT molecular complexity index is 469. The number of anilines is 1. The normalized spacial score (nSPS) is 12.6. The first-order chi connectivity index (χ1) is 8.86. The third-order valence-corrected chi connectivity index (χ3v) is 2.03. The quantitative estimate of drug-likeness (QED) is 0.504. The molecule has 0 aliphatic rings. The van der Waals surface area contributed by atoms with E-state index in [2.05, 4.69) is 10.1 Å². The first kappa shape index (κ1) is 14.9. The van der Waals surface area contributed by atoms with Crippen LogP contribution < -0.4 is 5.32 Å². The SMILES string of the molecule is CCOC(=O)/C(Nc1ccccc1)=C(\O)C(F)(F)F. The van der Waals surface area contributed by atoms with Gasteiger partial charge in [-0.15, -0.1) is 0 Å². The standard InChI is InChI=1S/C12H12F3NO3/c1-2-19-11(18)9(10(17)12(13,14)15)16-8-6-4-3-5-7-8/h3-7,16-17H,2H2,1H3/b10-9+. The molecule has 2 N–H and O–H groups in total. The number of aliphatic hydroxyl groups excluding tert-OH is 1. The number of aliphatic hydroxyl groups is 1. The highest BCUT2D eigenvalue weighted by molar-refractivity contribution is 5.92. The topological polar surface area (TPSA) is 58.6 Å². The third-order valence-electron chi connectivity index (χ3n) is 2.03. The minimum absolute atomic E-state index is 0.107. The molecule has 7 heteroatoms. The number of alkyl halides is 3. The molecule has 0 aliphatic heterocycles. The Kier molecular flexibility index (Phi) is 4.80. The number of nitrogens with one attached hydrogen (secondary N) is 1. The first-order valence-electron chi connectivity index (χ1n) is 5.36. The maximum absolute atomic E-state index is 12.4. The summed E-state index contributed by atoms with van der Waals surface area (Å²) in [7, 11) is 0. The van der Waals surface area contributed by atoms with E-state index in [9.17, 15) is 18.0 Å². The molecule has 0 bridgehead atoms. The van der Waals surface area contributed by atoms with Crippen LogP contribution in [-0.2, 0) is 9.53 Å². The number of halogens is 3. The number of hydrogen-bond acceptors (Lipinski definition) is 4. The molecule has 0 radical (unpaired) electrons. The van der Waals surface area contributed by atoms with Crippen LogP contribution in [0.4, 0.5) is 18.9 Å². The van der Waals surface area contributed by atoms with Crippen molar-refractivity contribution in [1.82, 2.24) is 0 Å². The number of rotatable bonds is 4. The zero-order valence-electron chi connectivity index (χ0n) is 9.99. The van der Waals surface area contributed by atoms with Gasteiger partial charge in [-0.3, -0.25) is 0 Å². The molecule has 0 unspecified atom stereocenters. The maximum Gasteiger partial charge on any atom is 0.451 e. The molecule has 0 fully saturated rings. The molecule has 0 aromatic heterocycles. The molecule has 1 rings (SSSR count). The summed E-state index contributed by atoms with van der Waals surface area (Å²) in [6, 6.07) is 7.68. The lowest BCUT2D eigenvalue weighted by molar-refractivity contribution is -0.142. The number of ether oxygens (including phenoxy) is 1. The number of benzene rings is 1. The lowest BCUT2D eigenvalue weighted by Crippen LogP contribution is -2.24. The summed E-state index contributed by atoms with van der Waals surface area (Å²) >= 11 is 0. The van der Waals surface area contributed by atoms with Crippen LogP contribution in [0.25, 0.3) is 0 Å². The largest absolute Gasteiger partial charge is 0.503 e. The van der Waals surface area contributed by atoms with Gasteiger partial charge >= 0.3 is 12.1 Å². The second-order valence-electron chi connectivity index (χ2n) is 3.43. The monoisotopic (exact) mass is 275 g/mol. The summed E-state index contributed by atoms with van der Waals surface area (Å²) in [6.45, 7) is 1.34. The highest BCUT2D eigenvalue weighted by atomic mass is 19.4. The highest BCUT2D eigenvalue weighted by Gasteiger charge is 2.39. The van der Waals surface area contributed by atoms with Crippen LogP contribution in [0.15, 0.2) is 41.8 Å². The van der Waals surface area contributed by atoms with Crippen LogP contribution in [0.3, 0.4) is 0 Å². The fourth-order valence-electron chi connectivity index (χ4n) is 1.22. The van der Waals surface area contributed by atoms with Gasteiger partial charge in [0.15, 0.2) is 5.70 Å². The van der Waals surface area contributed by atoms with E-state index in [0.717, 1.165) is 0 Å². The van der Waals surface area contributed by atoms with Crippen LogP contribution in [0.2, 0.25) is 0 Å². The summed E-state index contributed by atoms with van der Waals surface area (Å²) in [5.74, 6) is -3.30. The van der Waals surface area contributed by atoms with E-state index in [-0.39, 0.29) is 12.3 Å². The van der Waals surface area contributed by atoms with Crippen molar-refractivity contribution in [2.75, 3.05) is 11.9 Å². The van der Waals surface area contributed by atoms with Crippen molar-refractivity contribution in [2.45, 2.75) is 13.1 Å². The molecule has 0 saturated heterocycles. The highest BCUT2D eigenvalue weighted by Crippen LogP contribution is 2.27. The Balaban J connectivity index is 3.10. The fourth-order valence-corrected chi connectivity index (χ4v) is 1.22. The van der Waals surface area contributed by atoms with Crippen LogP contribution in [0.5, 0.6) is 0 Å². The van der Waals surface area contributed by atoms with Gasteiger partial charge in [-0.1, -0.05) is 18.2 Å². The van der Waals surface area contributed by atoms with Crippen molar-refractivity contribution in [3.8, 4) is 0 Å². The van der Waals surface area contributed by atoms with E-state index in [1.807, 2.05) is 0 Å². The Morgan fingerprint density at radius 2 is 1.89 bits per heavy atom. The molecule has 0 aliphatic carbocycles. The van der Waals surface area contributed by atoms with Gasteiger partial charge in [0.25, 0.3) is 0 Å². The molecule has 104 valence electrons. The van der Waals surface area contributed by atoms with E-state index >= 15 is 0 Å². The van der Waals surface area contributed by atoms with Gasteiger partial charge in [0, 0.05) is 5.69 Å². The minimum Gasteiger partial charge on any atom is -0.503 e. The van der Waals surface area contributed by atoms with Crippen molar-refractivity contribution in [3.63, 3.8) is 0 Å². The molecule has 1 aromatic carbocycles. The second-order valence-corrected chi connectivity index (χ2v) is 3.43. The zero-order chi connectivity index (χ0) is 14.5. The van der Waals surface area contributed by atoms with Gasteiger partial charge in [-0.2, -0.15) is 13.2 Å².